The third-order valence-electron chi connectivity index (χ3n) is 2.12. The number of rotatable bonds is 4. The van der Waals surface area contributed by atoms with Gasteiger partial charge in [-0.25, -0.2) is 0 Å². The average molecular weight is 154 g/mol. The van der Waals surface area contributed by atoms with E-state index in [0.717, 1.165) is 18.3 Å². The van der Waals surface area contributed by atoms with Crippen LogP contribution in [0.5, 0.6) is 0 Å². The Bertz CT molecular complexity index is 146. The molecule has 0 spiro atoms. The van der Waals surface area contributed by atoms with Gasteiger partial charge in [0.1, 0.15) is 0 Å². The standard InChI is InChI=1S/C9H18N2/c1-7(2)9(10)11-6-5-8-3-4-8/h7-8H,3-6H2,1-2H3,(H2,10,11). The minimum absolute atomic E-state index is 0.411. The van der Waals surface area contributed by atoms with Gasteiger partial charge in [-0.05, 0) is 12.3 Å². The minimum Gasteiger partial charge on any atom is -0.387 e. The molecule has 2 N–H and O–H groups in total. The van der Waals surface area contributed by atoms with Crippen LogP contribution in [0.15, 0.2) is 4.99 Å². The van der Waals surface area contributed by atoms with Crippen molar-refractivity contribution in [2.75, 3.05) is 6.54 Å². The zero-order valence-corrected chi connectivity index (χ0v) is 7.51. The molecule has 2 heteroatoms. The number of nitrogens with two attached hydrogens (primary N) is 1. The lowest BCUT2D eigenvalue weighted by molar-refractivity contribution is 0.731. The molecule has 1 fully saturated rings. The second-order valence-corrected chi connectivity index (χ2v) is 3.69. The molecule has 0 heterocycles. The van der Waals surface area contributed by atoms with Gasteiger partial charge in [0, 0.05) is 12.5 Å². The number of aliphatic imine (C=N–C) groups is 1. The second-order valence-electron chi connectivity index (χ2n) is 3.69. The molecule has 0 bridgehead atoms. The first-order valence-electron chi connectivity index (χ1n) is 4.50. The van der Waals surface area contributed by atoms with Crippen molar-refractivity contribution in [3.8, 4) is 0 Å². The van der Waals surface area contributed by atoms with Gasteiger partial charge in [0.15, 0.2) is 0 Å². The number of hydrogen-bond donors (Lipinski definition) is 1. The van der Waals surface area contributed by atoms with Crippen molar-refractivity contribution in [2.45, 2.75) is 33.1 Å². The molecule has 0 saturated heterocycles. The Kier molecular flexibility index (Phi) is 2.92. The van der Waals surface area contributed by atoms with E-state index < -0.39 is 0 Å². The first-order valence-corrected chi connectivity index (χ1v) is 4.50. The summed E-state index contributed by atoms with van der Waals surface area (Å²) in [6.07, 6.45) is 4.07. The summed E-state index contributed by atoms with van der Waals surface area (Å²) in [6, 6.07) is 0. The highest BCUT2D eigenvalue weighted by Gasteiger charge is 2.19. The molecule has 0 aromatic rings. The van der Waals surface area contributed by atoms with E-state index in [0.29, 0.717) is 5.92 Å². The SMILES string of the molecule is CC(C)C(N)=NCCC1CC1. The van der Waals surface area contributed by atoms with Gasteiger partial charge in [-0.1, -0.05) is 26.7 Å². The van der Waals surface area contributed by atoms with E-state index in [1.807, 2.05) is 0 Å². The van der Waals surface area contributed by atoms with Gasteiger partial charge in [0.25, 0.3) is 0 Å². The van der Waals surface area contributed by atoms with Gasteiger partial charge in [-0.3, -0.25) is 4.99 Å². The average Bonchev–Trinajstić information content (AvgIpc) is 2.71. The number of amidine groups is 1. The van der Waals surface area contributed by atoms with Crippen LogP contribution in [0.25, 0.3) is 0 Å². The lowest BCUT2D eigenvalue weighted by Crippen LogP contribution is -2.19. The Morgan fingerprint density at radius 2 is 2.18 bits per heavy atom. The normalized spacial score (nSPS) is 19.4. The quantitative estimate of drug-likeness (QED) is 0.486. The van der Waals surface area contributed by atoms with Crippen LogP contribution in [0.3, 0.4) is 0 Å². The molecule has 11 heavy (non-hydrogen) atoms. The zero-order valence-electron chi connectivity index (χ0n) is 7.51. The van der Waals surface area contributed by atoms with Crippen molar-refractivity contribution in [3.05, 3.63) is 0 Å². The van der Waals surface area contributed by atoms with Crippen molar-refractivity contribution in [2.24, 2.45) is 22.6 Å². The minimum atomic E-state index is 0.411. The molecule has 2 nitrogen and oxygen atoms in total. The van der Waals surface area contributed by atoms with Crippen molar-refractivity contribution in [1.82, 2.24) is 0 Å². The van der Waals surface area contributed by atoms with Crippen LogP contribution in [-0.4, -0.2) is 12.4 Å². The molecule has 1 saturated carbocycles. The molecule has 0 atom stereocenters. The fourth-order valence-corrected chi connectivity index (χ4v) is 0.965. The predicted octanol–water partition coefficient (Wildman–Crippen LogP) is 1.80. The van der Waals surface area contributed by atoms with Crippen molar-refractivity contribution < 1.29 is 0 Å². The lowest BCUT2D eigenvalue weighted by Gasteiger charge is -2.02. The molecular weight excluding hydrogens is 136 g/mol. The summed E-state index contributed by atoms with van der Waals surface area (Å²) in [6.45, 7) is 5.10. The van der Waals surface area contributed by atoms with E-state index in [1.54, 1.807) is 0 Å². The molecule has 1 aliphatic rings. The Labute approximate surface area is 68.9 Å². The van der Waals surface area contributed by atoms with Crippen molar-refractivity contribution >= 4 is 5.84 Å². The van der Waals surface area contributed by atoms with E-state index in [2.05, 4.69) is 18.8 Å². The molecule has 0 unspecified atom stereocenters. The van der Waals surface area contributed by atoms with Gasteiger partial charge in [0.2, 0.25) is 0 Å². The Morgan fingerprint density at radius 1 is 1.55 bits per heavy atom. The van der Waals surface area contributed by atoms with Crippen LogP contribution >= 0.6 is 0 Å². The fourth-order valence-electron chi connectivity index (χ4n) is 0.965. The summed E-state index contributed by atoms with van der Waals surface area (Å²) in [5.41, 5.74) is 5.67. The largest absolute Gasteiger partial charge is 0.387 e. The topological polar surface area (TPSA) is 38.4 Å². The van der Waals surface area contributed by atoms with Crippen LogP contribution in [-0.2, 0) is 0 Å². The summed E-state index contributed by atoms with van der Waals surface area (Å²) >= 11 is 0. The highest BCUT2D eigenvalue weighted by molar-refractivity contribution is 5.82. The van der Waals surface area contributed by atoms with Crippen LogP contribution in [0.1, 0.15) is 33.1 Å². The second kappa shape index (κ2) is 3.74. The van der Waals surface area contributed by atoms with Crippen LogP contribution in [0.2, 0.25) is 0 Å². The van der Waals surface area contributed by atoms with Crippen molar-refractivity contribution in [1.29, 1.82) is 0 Å². The molecule has 0 aliphatic heterocycles. The van der Waals surface area contributed by atoms with Gasteiger partial charge < -0.3 is 5.73 Å². The maximum absolute atomic E-state index is 5.67. The number of hydrogen-bond acceptors (Lipinski definition) is 1. The molecule has 0 amide bonds. The maximum Gasteiger partial charge on any atom is 0.0962 e. The first kappa shape index (κ1) is 8.57. The van der Waals surface area contributed by atoms with E-state index in [-0.39, 0.29) is 0 Å². The summed E-state index contributed by atoms with van der Waals surface area (Å²) in [5.74, 6) is 2.19. The molecule has 0 radical (unpaired) electrons. The Balaban J connectivity index is 2.10. The maximum atomic E-state index is 5.67. The van der Waals surface area contributed by atoms with Gasteiger partial charge in [0.05, 0.1) is 5.84 Å². The van der Waals surface area contributed by atoms with E-state index in [9.17, 15) is 0 Å². The van der Waals surface area contributed by atoms with E-state index >= 15 is 0 Å². The van der Waals surface area contributed by atoms with Crippen molar-refractivity contribution in [3.63, 3.8) is 0 Å². The predicted molar refractivity (Wildman–Crippen MR) is 48.7 cm³/mol. The lowest BCUT2D eigenvalue weighted by atomic mass is 10.2. The van der Waals surface area contributed by atoms with Gasteiger partial charge in [-0.2, -0.15) is 0 Å². The van der Waals surface area contributed by atoms with E-state index in [4.69, 9.17) is 5.73 Å². The number of nitrogens with zero attached hydrogens (tertiary/aromatic N) is 1. The molecule has 1 aliphatic carbocycles. The van der Waals surface area contributed by atoms with Crippen LogP contribution in [0, 0.1) is 11.8 Å². The highest BCUT2D eigenvalue weighted by atomic mass is 14.9. The molecule has 1 rings (SSSR count). The third-order valence-corrected chi connectivity index (χ3v) is 2.12. The Hall–Kier alpha value is -0.530. The highest BCUT2D eigenvalue weighted by Crippen LogP contribution is 2.32. The molecule has 64 valence electrons. The zero-order chi connectivity index (χ0) is 8.27. The third kappa shape index (κ3) is 3.40. The summed E-state index contributed by atoms with van der Waals surface area (Å²) in [4.78, 5) is 4.30. The van der Waals surface area contributed by atoms with Gasteiger partial charge >= 0.3 is 0 Å². The van der Waals surface area contributed by atoms with Crippen LogP contribution < -0.4 is 5.73 Å². The summed E-state index contributed by atoms with van der Waals surface area (Å²) in [7, 11) is 0. The molecular formula is C9H18N2. The smallest absolute Gasteiger partial charge is 0.0962 e. The monoisotopic (exact) mass is 154 g/mol. The Morgan fingerprint density at radius 3 is 2.64 bits per heavy atom. The first-order chi connectivity index (χ1) is 5.20. The molecule has 0 aromatic heterocycles. The molecule has 0 aromatic carbocycles. The summed E-state index contributed by atoms with van der Waals surface area (Å²) in [5, 5.41) is 0. The fraction of sp³-hybridized carbons (Fsp3) is 0.889. The van der Waals surface area contributed by atoms with Crippen LogP contribution in [0.4, 0.5) is 0 Å². The van der Waals surface area contributed by atoms with Gasteiger partial charge in [-0.15, -0.1) is 0 Å². The summed E-state index contributed by atoms with van der Waals surface area (Å²) < 4.78 is 0. The van der Waals surface area contributed by atoms with E-state index in [1.165, 1.54) is 19.3 Å².